The van der Waals surface area contributed by atoms with Crippen molar-refractivity contribution >= 4 is 5.91 Å². The van der Waals surface area contributed by atoms with Gasteiger partial charge in [0.1, 0.15) is 17.3 Å². The molecule has 0 radical (unpaired) electrons. The fourth-order valence-electron chi connectivity index (χ4n) is 3.62. The number of aromatic nitrogens is 2. The van der Waals surface area contributed by atoms with Crippen LogP contribution in [0.1, 0.15) is 35.8 Å². The van der Waals surface area contributed by atoms with Crippen LogP contribution in [-0.4, -0.2) is 40.2 Å². The van der Waals surface area contributed by atoms with Crippen molar-refractivity contribution in [1.82, 2.24) is 20.0 Å². The van der Waals surface area contributed by atoms with E-state index < -0.39 is 11.6 Å². The number of halogens is 2. The summed E-state index contributed by atoms with van der Waals surface area (Å²) in [5.41, 5.74) is 1.63. The number of nitrogens with one attached hydrogen (secondary N) is 1. The number of carbonyl (C=O) groups excluding carboxylic acids is 1. The van der Waals surface area contributed by atoms with Gasteiger partial charge in [0.2, 0.25) is 0 Å². The third-order valence-corrected chi connectivity index (χ3v) is 5.15. The van der Waals surface area contributed by atoms with E-state index in [2.05, 4.69) is 29.2 Å². The summed E-state index contributed by atoms with van der Waals surface area (Å²) in [7, 11) is 1.66. The average Bonchev–Trinajstić information content (AvgIpc) is 3.13. The molecule has 30 heavy (non-hydrogen) atoms. The van der Waals surface area contributed by atoms with E-state index in [1.54, 1.807) is 13.2 Å². The normalized spacial score (nSPS) is 12.2. The number of aryl methyl sites for hydroxylation is 1. The summed E-state index contributed by atoms with van der Waals surface area (Å²) >= 11 is 0. The highest BCUT2D eigenvalue weighted by molar-refractivity contribution is 5.99. The number of benzene rings is 2. The Morgan fingerprint density at radius 3 is 2.47 bits per heavy atom. The highest BCUT2D eigenvalue weighted by Crippen LogP contribution is 2.26. The topological polar surface area (TPSA) is 50.2 Å². The Bertz CT molecular complexity index is 1000. The van der Waals surface area contributed by atoms with Gasteiger partial charge in [-0.05, 0) is 30.8 Å². The van der Waals surface area contributed by atoms with Crippen LogP contribution >= 0.6 is 0 Å². The van der Waals surface area contributed by atoms with E-state index >= 15 is 0 Å². The monoisotopic (exact) mass is 412 g/mol. The molecule has 1 aromatic heterocycles. The predicted octanol–water partition coefficient (Wildman–Crippen LogP) is 4.18. The van der Waals surface area contributed by atoms with Crippen LogP contribution in [0.25, 0.3) is 11.3 Å². The molecule has 7 heteroatoms. The maximum atomic E-state index is 14.3. The smallest absolute Gasteiger partial charge is 0.255 e. The van der Waals surface area contributed by atoms with Gasteiger partial charge < -0.3 is 5.32 Å². The molecular weight excluding hydrogens is 386 g/mol. The summed E-state index contributed by atoms with van der Waals surface area (Å²) < 4.78 is 29.0. The fraction of sp³-hybridized carbons (Fsp3) is 0.304. The summed E-state index contributed by atoms with van der Waals surface area (Å²) in [5, 5.41) is 7.20. The first kappa shape index (κ1) is 21.6. The summed E-state index contributed by atoms with van der Waals surface area (Å²) in [6.07, 6.45) is 1.54. The standard InChI is InChI=1S/C23H26F2N4O/c1-4-29(5-2)21(16-9-7-6-8-10-16)14-26-23(30)19-15-28(3)27-22(19)18-12-11-17(24)13-20(18)25/h6-13,15,21H,4-5,14H2,1-3H3,(H,26,30). The lowest BCUT2D eigenvalue weighted by Gasteiger charge is -2.30. The van der Waals surface area contributed by atoms with E-state index in [1.807, 2.05) is 30.3 Å². The second-order valence-corrected chi connectivity index (χ2v) is 7.05. The van der Waals surface area contributed by atoms with E-state index in [-0.39, 0.29) is 28.8 Å². The number of hydrogen-bond donors (Lipinski definition) is 1. The second-order valence-electron chi connectivity index (χ2n) is 7.05. The summed E-state index contributed by atoms with van der Waals surface area (Å²) in [5.74, 6) is -1.79. The molecule has 2 aromatic carbocycles. The molecule has 0 saturated heterocycles. The summed E-state index contributed by atoms with van der Waals surface area (Å²) in [4.78, 5) is 15.2. The third-order valence-electron chi connectivity index (χ3n) is 5.15. The van der Waals surface area contributed by atoms with Gasteiger partial charge in [0.05, 0.1) is 11.6 Å². The Balaban J connectivity index is 1.85. The number of nitrogens with zero attached hydrogens (tertiary/aromatic N) is 3. The molecule has 1 heterocycles. The number of hydrogen-bond acceptors (Lipinski definition) is 3. The molecule has 1 N–H and O–H groups in total. The van der Waals surface area contributed by atoms with Gasteiger partial charge >= 0.3 is 0 Å². The molecule has 5 nitrogen and oxygen atoms in total. The van der Waals surface area contributed by atoms with Crippen molar-refractivity contribution in [2.75, 3.05) is 19.6 Å². The van der Waals surface area contributed by atoms with Crippen molar-refractivity contribution < 1.29 is 13.6 Å². The number of carbonyl (C=O) groups is 1. The first-order valence-electron chi connectivity index (χ1n) is 10.0. The van der Waals surface area contributed by atoms with Crippen LogP contribution in [0, 0.1) is 11.6 Å². The summed E-state index contributed by atoms with van der Waals surface area (Å²) in [6.45, 7) is 6.23. The lowest BCUT2D eigenvalue weighted by molar-refractivity contribution is 0.0935. The minimum Gasteiger partial charge on any atom is -0.350 e. The molecule has 0 aliphatic heterocycles. The number of likely N-dealkylation sites (N-methyl/N-ethyl adjacent to an activating group) is 1. The molecule has 1 amide bonds. The van der Waals surface area contributed by atoms with Gasteiger partial charge in [-0.3, -0.25) is 14.4 Å². The molecule has 158 valence electrons. The molecule has 0 spiro atoms. The SMILES string of the molecule is CCN(CC)C(CNC(=O)c1cn(C)nc1-c1ccc(F)cc1F)c1ccccc1. The summed E-state index contributed by atoms with van der Waals surface area (Å²) in [6, 6.07) is 13.2. The van der Waals surface area contributed by atoms with Crippen LogP contribution in [0.5, 0.6) is 0 Å². The highest BCUT2D eigenvalue weighted by Gasteiger charge is 2.23. The van der Waals surface area contributed by atoms with Crippen LogP contribution in [0.4, 0.5) is 8.78 Å². The second kappa shape index (κ2) is 9.63. The lowest BCUT2D eigenvalue weighted by atomic mass is 10.0. The Hall–Kier alpha value is -3.06. The molecule has 3 rings (SSSR count). The molecule has 0 aliphatic rings. The first-order chi connectivity index (χ1) is 14.4. The third kappa shape index (κ3) is 4.74. The predicted molar refractivity (Wildman–Crippen MR) is 113 cm³/mol. The van der Waals surface area contributed by atoms with Gasteiger partial charge in [-0.2, -0.15) is 5.10 Å². The molecule has 0 fully saturated rings. The van der Waals surface area contributed by atoms with Gasteiger partial charge in [-0.25, -0.2) is 8.78 Å². The first-order valence-corrected chi connectivity index (χ1v) is 10.0. The van der Waals surface area contributed by atoms with Crippen molar-refractivity contribution in [3.63, 3.8) is 0 Å². The molecular formula is C23H26F2N4O. The fourth-order valence-corrected chi connectivity index (χ4v) is 3.62. The zero-order valence-electron chi connectivity index (χ0n) is 17.4. The van der Waals surface area contributed by atoms with Crippen LogP contribution in [0.2, 0.25) is 0 Å². The zero-order chi connectivity index (χ0) is 21.7. The highest BCUT2D eigenvalue weighted by atomic mass is 19.1. The molecule has 1 unspecified atom stereocenters. The number of rotatable bonds is 8. The maximum Gasteiger partial charge on any atom is 0.255 e. The number of amides is 1. The van der Waals surface area contributed by atoms with Crippen molar-refractivity contribution in [3.05, 3.63) is 77.5 Å². The van der Waals surface area contributed by atoms with E-state index in [4.69, 9.17) is 0 Å². The van der Waals surface area contributed by atoms with Gasteiger partial charge in [0, 0.05) is 31.4 Å². The quantitative estimate of drug-likeness (QED) is 0.604. The Kier molecular flexibility index (Phi) is 6.95. The van der Waals surface area contributed by atoms with E-state index in [1.165, 1.54) is 10.7 Å². The van der Waals surface area contributed by atoms with Gasteiger partial charge in [0.15, 0.2) is 0 Å². The Morgan fingerprint density at radius 2 is 1.83 bits per heavy atom. The minimum absolute atomic E-state index is 0.00725. The van der Waals surface area contributed by atoms with Gasteiger partial charge in [0.25, 0.3) is 5.91 Å². The van der Waals surface area contributed by atoms with Crippen molar-refractivity contribution in [3.8, 4) is 11.3 Å². The molecule has 0 bridgehead atoms. The maximum absolute atomic E-state index is 14.3. The van der Waals surface area contributed by atoms with Crippen molar-refractivity contribution in [2.24, 2.45) is 7.05 Å². The molecule has 1 atom stereocenters. The van der Waals surface area contributed by atoms with E-state index in [0.717, 1.165) is 30.8 Å². The van der Waals surface area contributed by atoms with E-state index in [0.29, 0.717) is 6.54 Å². The van der Waals surface area contributed by atoms with Crippen LogP contribution in [0.3, 0.4) is 0 Å². The molecule has 3 aromatic rings. The molecule has 0 saturated carbocycles. The van der Waals surface area contributed by atoms with E-state index in [9.17, 15) is 13.6 Å². The van der Waals surface area contributed by atoms with Crippen LogP contribution in [-0.2, 0) is 7.05 Å². The Morgan fingerprint density at radius 1 is 1.13 bits per heavy atom. The van der Waals surface area contributed by atoms with Crippen molar-refractivity contribution in [1.29, 1.82) is 0 Å². The van der Waals surface area contributed by atoms with Gasteiger partial charge in [-0.1, -0.05) is 44.2 Å². The van der Waals surface area contributed by atoms with Crippen LogP contribution < -0.4 is 5.32 Å². The Labute approximate surface area is 175 Å². The largest absolute Gasteiger partial charge is 0.350 e. The van der Waals surface area contributed by atoms with Crippen molar-refractivity contribution in [2.45, 2.75) is 19.9 Å². The molecule has 0 aliphatic carbocycles. The lowest BCUT2D eigenvalue weighted by Crippen LogP contribution is -2.38. The zero-order valence-corrected chi connectivity index (χ0v) is 17.4. The minimum atomic E-state index is -0.756. The van der Waals surface area contributed by atoms with Crippen LogP contribution in [0.15, 0.2) is 54.7 Å². The van der Waals surface area contributed by atoms with Gasteiger partial charge in [-0.15, -0.1) is 0 Å². The average molecular weight is 412 g/mol.